The zero-order valence-corrected chi connectivity index (χ0v) is 8.29. The summed E-state index contributed by atoms with van der Waals surface area (Å²) < 4.78 is 2.06. The molecule has 2 N–H and O–H groups in total. The van der Waals surface area contributed by atoms with Crippen molar-refractivity contribution in [3.05, 3.63) is 22.3 Å². The van der Waals surface area contributed by atoms with Gasteiger partial charge < -0.3 is 10.3 Å². The molecule has 3 heteroatoms. The zero-order chi connectivity index (χ0) is 10.1. The highest BCUT2D eigenvalue weighted by molar-refractivity contribution is 5.76. The van der Waals surface area contributed by atoms with Crippen molar-refractivity contribution in [2.45, 2.75) is 19.3 Å². The Morgan fingerprint density at radius 3 is 2.93 bits per heavy atom. The fourth-order valence-electron chi connectivity index (χ4n) is 1.99. The van der Waals surface area contributed by atoms with E-state index in [1.54, 1.807) is 0 Å². The molecule has 0 radical (unpaired) electrons. The maximum Gasteiger partial charge on any atom is 0.221 e. The van der Waals surface area contributed by atoms with Crippen LogP contribution in [0.2, 0.25) is 0 Å². The summed E-state index contributed by atoms with van der Waals surface area (Å²) in [7, 11) is 2.00. The largest absolute Gasteiger partial charge is 0.369 e. The molecule has 0 aliphatic heterocycles. The monoisotopic (exact) mass is 190 g/mol. The number of fused-ring (bicyclic) bond motifs is 1. The third-order valence-electron chi connectivity index (χ3n) is 2.57. The second kappa shape index (κ2) is 3.33. The predicted molar refractivity (Wildman–Crippen MR) is 55.7 cm³/mol. The highest BCUT2D eigenvalue weighted by Crippen LogP contribution is 1.99. The van der Waals surface area contributed by atoms with Gasteiger partial charge in [0.25, 0.3) is 0 Å². The number of nitrogens with two attached hydrogens (primary N) is 1. The van der Waals surface area contributed by atoms with Gasteiger partial charge in [0, 0.05) is 18.6 Å². The molecule has 1 aromatic heterocycles. The van der Waals surface area contributed by atoms with E-state index in [9.17, 15) is 4.79 Å². The van der Waals surface area contributed by atoms with Gasteiger partial charge in [-0.25, -0.2) is 0 Å². The Hall–Kier alpha value is -1.51. The van der Waals surface area contributed by atoms with E-state index in [0.29, 0.717) is 6.42 Å². The first-order chi connectivity index (χ1) is 6.68. The number of nitrogens with zero attached hydrogens (tertiary/aromatic N) is 1. The quantitative estimate of drug-likeness (QED) is 0.665. The fraction of sp³-hybridized carbons (Fsp3) is 0.364. The van der Waals surface area contributed by atoms with Crippen LogP contribution in [0, 0.1) is 0 Å². The molecule has 1 aliphatic carbocycles. The maximum absolute atomic E-state index is 10.9. The average molecular weight is 190 g/mol. The number of amides is 1. The van der Waals surface area contributed by atoms with Gasteiger partial charge in [-0.1, -0.05) is 12.2 Å². The average Bonchev–Trinajstić information content (AvgIpc) is 2.44. The first kappa shape index (κ1) is 9.06. The van der Waals surface area contributed by atoms with E-state index in [4.69, 9.17) is 5.73 Å². The molecular weight excluding hydrogens is 176 g/mol. The van der Waals surface area contributed by atoms with Crippen molar-refractivity contribution in [3.8, 4) is 0 Å². The van der Waals surface area contributed by atoms with E-state index in [1.165, 1.54) is 10.6 Å². The Kier molecular flexibility index (Phi) is 2.15. The van der Waals surface area contributed by atoms with Gasteiger partial charge in [0.1, 0.15) is 0 Å². The summed E-state index contributed by atoms with van der Waals surface area (Å²) in [5.41, 5.74) is 6.24. The molecule has 0 spiro atoms. The number of aromatic nitrogens is 1. The first-order valence-electron chi connectivity index (χ1n) is 4.81. The van der Waals surface area contributed by atoms with Gasteiger partial charge in [0.15, 0.2) is 0 Å². The summed E-state index contributed by atoms with van der Waals surface area (Å²) in [6.07, 6.45) is 8.87. The van der Waals surface area contributed by atoms with Crippen LogP contribution in [0.1, 0.15) is 18.4 Å². The lowest BCUT2D eigenvalue weighted by Gasteiger charge is -1.97. The second-order valence-corrected chi connectivity index (χ2v) is 3.69. The van der Waals surface area contributed by atoms with E-state index < -0.39 is 0 Å². The van der Waals surface area contributed by atoms with Crippen molar-refractivity contribution in [3.63, 3.8) is 0 Å². The number of carbonyl (C=O) groups is 1. The molecule has 0 fully saturated rings. The van der Waals surface area contributed by atoms with Crippen molar-refractivity contribution in [1.29, 1.82) is 0 Å². The molecule has 1 heterocycles. The van der Waals surface area contributed by atoms with Crippen molar-refractivity contribution < 1.29 is 4.79 Å². The summed E-state index contributed by atoms with van der Waals surface area (Å²) in [6, 6.07) is 0. The third-order valence-corrected chi connectivity index (χ3v) is 2.57. The Morgan fingerprint density at radius 1 is 1.50 bits per heavy atom. The number of hydrogen-bond donors (Lipinski definition) is 1. The minimum atomic E-state index is -0.266. The molecule has 3 nitrogen and oxygen atoms in total. The van der Waals surface area contributed by atoms with Crippen LogP contribution in [-0.2, 0) is 18.3 Å². The van der Waals surface area contributed by atoms with Gasteiger partial charge in [-0.05, 0) is 23.6 Å². The summed E-state index contributed by atoms with van der Waals surface area (Å²) in [5.74, 6) is -0.266. The standard InChI is InChI=1S/C11H14N2O/c1-13-7-8(6-11(12)14)9-4-2-3-5-10(9)13/h4-5,7H,2-3,6H2,1H3,(H2,12,14). The Balaban J connectivity index is 2.59. The molecule has 0 atom stereocenters. The van der Waals surface area contributed by atoms with Gasteiger partial charge in [0.2, 0.25) is 5.91 Å². The van der Waals surface area contributed by atoms with Crippen molar-refractivity contribution in [2.24, 2.45) is 12.8 Å². The van der Waals surface area contributed by atoms with Crippen molar-refractivity contribution in [1.82, 2.24) is 4.57 Å². The van der Waals surface area contributed by atoms with E-state index >= 15 is 0 Å². The van der Waals surface area contributed by atoms with Crippen molar-refractivity contribution >= 4 is 18.1 Å². The number of aryl methyl sites for hydroxylation is 1. The second-order valence-electron chi connectivity index (χ2n) is 3.69. The number of primary amides is 1. The molecule has 1 amide bonds. The number of carbonyl (C=O) groups excluding carboxylic acids is 1. The SMILES string of the molecule is Cn1cc(CC(N)=O)c2c1=CCCC=2. The van der Waals surface area contributed by atoms with E-state index in [1.807, 2.05) is 13.2 Å². The number of rotatable bonds is 2. The highest BCUT2D eigenvalue weighted by atomic mass is 16.1. The fourth-order valence-corrected chi connectivity index (χ4v) is 1.99. The van der Waals surface area contributed by atoms with Crippen LogP contribution in [0.4, 0.5) is 0 Å². The van der Waals surface area contributed by atoms with Gasteiger partial charge in [-0.3, -0.25) is 4.79 Å². The van der Waals surface area contributed by atoms with Crippen LogP contribution >= 0.6 is 0 Å². The van der Waals surface area contributed by atoms with E-state index in [2.05, 4.69) is 16.7 Å². The third kappa shape index (κ3) is 1.45. The molecule has 2 rings (SSSR count). The smallest absolute Gasteiger partial charge is 0.221 e. The van der Waals surface area contributed by atoms with Crippen LogP contribution < -0.4 is 16.3 Å². The summed E-state index contributed by atoms with van der Waals surface area (Å²) in [5, 5.41) is 2.41. The summed E-state index contributed by atoms with van der Waals surface area (Å²) in [6.45, 7) is 0. The summed E-state index contributed by atoms with van der Waals surface area (Å²) in [4.78, 5) is 10.9. The van der Waals surface area contributed by atoms with Crippen LogP contribution in [0.15, 0.2) is 6.20 Å². The number of hydrogen-bond acceptors (Lipinski definition) is 1. The van der Waals surface area contributed by atoms with Gasteiger partial charge in [-0.15, -0.1) is 0 Å². The maximum atomic E-state index is 10.9. The Bertz CT molecular complexity index is 482. The van der Waals surface area contributed by atoms with Gasteiger partial charge in [0.05, 0.1) is 6.42 Å². The molecule has 1 aliphatic rings. The lowest BCUT2D eigenvalue weighted by atomic mass is 10.1. The minimum Gasteiger partial charge on any atom is -0.369 e. The molecule has 0 saturated heterocycles. The van der Waals surface area contributed by atoms with Crippen LogP contribution in [-0.4, -0.2) is 10.5 Å². The first-order valence-corrected chi connectivity index (χ1v) is 4.81. The van der Waals surface area contributed by atoms with Crippen LogP contribution in [0.3, 0.4) is 0 Å². The Labute approximate surface area is 82.5 Å². The lowest BCUT2D eigenvalue weighted by Crippen LogP contribution is -2.31. The zero-order valence-electron chi connectivity index (χ0n) is 8.29. The molecule has 74 valence electrons. The Morgan fingerprint density at radius 2 is 2.21 bits per heavy atom. The molecule has 0 aromatic carbocycles. The normalized spacial score (nSPS) is 14.1. The minimum absolute atomic E-state index is 0.266. The molecule has 0 bridgehead atoms. The van der Waals surface area contributed by atoms with Crippen LogP contribution in [0.25, 0.3) is 12.2 Å². The molecular formula is C11H14N2O. The molecule has 0 saturated carbocycles. The summed E-state index contributed by atoms with van der Waals surface area (Å²) >= 11 is 0. The predicted octanol–water partition coefficient (Wildman–Crippen LogP) is -0.592. The van der Waals surface area contributed by atoms with Gasteiger partial charge >= 0.3 is 0 Å². The van der Waals surface area contributed by atoms with Gasteiger partial charge in [-0.2, -0.15) is 0 Å². The topological polar surface area (TPSA) is 48.0 Å². The van der Waals surface area contributed by atoms with Crippen molar-refractivity contribution in [2.75, 3.05) is 0 Å². The van der Waals surface area contributed by atoms with E-state index in [-0.39, 0.29) is 5.91 Å². The molecule has 14 heavy (non-hydrogen) atoms. The highest BCUT2D eigenvalue weighted by Gasteiger charge is 2.07. The lowest BCUT2D eigenvalue weighted by molar-refractivity contribution is -0.117. The van der Waals surface area contributed by atoms with Crippen LogP contribution in [0.5, 0.6) is 0 Å². The molecule has 1 aromatic rings. The molecule has 0 unspecified atom stereocenters. The van der Waals surface area contributed by atoms with E-state index in [0.717, 1.165) is 18.4 Å².